The number of halogens is 2. The van der Waals surface area contributed by atoms with Crippen molar-refractivity contribution in [1.82, 2.24) is 15.0 Å². The molecule has 0 spiro atoms. The van der Waals surface area contributed by atoms with Crippen LogP contribution < -0.4 is 22.1 Å². The third kappa shape index (κ3) is 6.93. The number of benzene rings is 1. The van der Waals surface area contributed by atoms with Gasteiger partial charge in [0.1, 0.15) is 30.3 Å². The molecule has 2 heterocycles. The second-order valence-corrected chi connectivity index (χ2v) is 9.25. The smallest absolute Gasteiger partial charge is 0.338 e. The van der Waals surface area contributed by atoms with Crippen LogP contribution in [0.15, 0.2) is 64.9 Å². The van der Waals surface area contributed by atoms with Crippen LogP contribution >= 0.6 is 15.9 Å². The Morgan fingerprint density at radius 3 is 2.69 bits per heavy atom. The van der Waals surface area contributed by atoms with E-state index in [1.165, 1.54) is 24.7 Å². The summed E-state index contributed by atoms with van der Waals surface area (Å²) >= 11 is 3.15. The quantitative estimate of drug-likeness (QED) is 0.132. The fourth-order valence-corrected chi connectivity index (χ4v) is 3.55. The standard InChI is InChI=1S/C22H23BrFN9O3/c1-33(2,11-17(25)21(26)32(35)36)7-3-4-20(34)31-19-9-14-18(10-27-19)28-12-29-22(14)30-13-5-6-16(24)15(23)8-13/h3-6,8-10,12H,7,11H2,1-2H3,(H5-,25,26,27,28,29,30,31,34)/p+1/b4-3+. The summed E-state index contributed by atoms with van der Waals surface area (Å²) in [5.41, 5.74) is 12.2. The van der Waals surface area contributed by atoms with Crippen LogP contribution in [0.1, 0.15) is 0 Å². The van der Waals surface area contributed by atoms with E-state index in [4.69, 9.17) is 11.5 Å². The number of fused-ring (bicyclic) bond motifs is 1. The van der Waals surface area contributed by atoms with E-state index < -0.39 is 22.5 Å². The maximum atomic E-state index is 13.5. The van der Waals surface area contributed by atoms with Gasteiger partial charge in [0.15, 0.2) is 5.70 Å². The lowest BCUT2D eigenvalue weighted by Gasteiger charge is -2.28. The number of nitrogens with zero attached hydrogens (tertiary/aromatic N) is 5. The summed E-state index contributed by atoms with van der Waals surface area (Å²) in [6.07, 6.45) is 5.82. The molecule has 3 rings (SSSR count). The topological polar surface area (TPSA) is 175 Å². The van der Waals surface area contributed by atoms with Crippen LogP contribution in [0.5, 0.6) is 0 Å². The molecule has 1 aromatic carbocycles. The largest absolute Gasteiger partial charge is 0.391 e. The number of hydrogen-bond acceptors (Lipinski definition) is 9. The minimum absolute atomic E-state index is 0.0390. The first kappa shape index (κ1) is 26.4. The molecule has 0 aliphatic rings. The Balaban J connectivity index is 1.70. The SMILES string of the molecule is C[N+](C)(C/C=C/C(=O)Nc1cc2c(Nc3ccc(F)c(Br)c3)ncnc2cn1)C/C(N)=C(/N)[N+](=O)[O-]. The minimum Gasteiger partial charge on any atom is -0.391 e. The lowest BCUT2D eigenvalue weighted by Crippen LogP contribution is -2.43. The van der Waals surface area contributed by atoms with Gasteiger partial charge in [-0.05, 0) is 51.2 Å². The van der Waals surface area contributed by atoms with E-state index in [0.717, 1.165) is 0 Å². The summed E-state index contributed by atoms with van der Waals surface area (Å²) in [4.78, 5) is 35.1. The molecule has 0 aliphatic carbocycles. The molecule has 0 aliphatic heterocycles. The highest BCUT2D eigenvalue weighted by Crippen LogP contribution is 2.27. The van der Waals surface area contributed by atoms with Crippen LogP contribution in [-0.4, -0.2) is 57.5 Å². The Kier molecular flexibility index (Phi) is 8.11. The summed E-state index contributed by atoms with van der Waals surface area (Å²) in [7, 11) is 3.59. The molecule has 1 amide bonds. The molecule has 0 unspecified atom stereocenters. The number of carbonyl (C=O) groups is 1. The minimum atomic E-state index is -0.736. The van der Waals surface area contributed by atoms with E-state index in [0.29, 0.717) is 33.4 Å². The van der Waals surface area contributed by atoms with E-state index >= 15 is 0 Å². The first-order valence-electron chi connectivity index (χ1n) is 10.5. The van der Waals surface area contributed by atoms with E-state index in [1.54, 1.807) is 38.4 Å². The lowest BCUT2D eigenvalue weighted by atomic mass is 10.2. The van der Waals surface area contributed by atoms with Gasteiger partial charge in [0.05, 0.1) is 36.8 Å². The van der Waals surface area contributed by atoms with Gasteiger partial charge < -0.3 is 31.0 Å². The van der Waals surface area contributed by atoms with Crippen LogP contribution in [0.3, 0.4) is 0 Å². The van der Waals surface area contributed by atoms with Gasteiger partial charge in [0.2, 0.25) is 5.91 Å². The fraction of sp³-hybridized carbons (Fsp3) is 0.182. The number of amides is 1. The number of nitrogens with one attached hydrogen (secondary N) is 2. The van der Waals surface area contributed by atoms with Crippen molar-refractivity contribution in [2.75, 3.05) is 37.8 Å². The summed E-state index contributed by atoms with van der Waals surface area (Å²) in [5, 5.41) is 17.1. The molecule has 3 aromatic rings. The Morgan fingerprint density at radius 1 is 1.25 bits per heavy atom. The number of pyridine rings is 1. The monoisotopic (exact) mass is 560 g/mol. The Labute approximate surface area is 213 Å². The first-order valence-corrected chi connectivity index (χ1v) is 11.3. The van der Waals surface area contributed by atoms with Crippen molar-refractivity contribution in [3.05, 3.63) is 80.9 Å². The van der Waals surface area contributed by atoms with Crippen molar-refractivity contribution in [3.63, 3.8) is 0 Å². The molecular weight excluding hydrogens is 537 g/mol. The third-order valence-electron chi connectivity index (χ3n) is 4.95. The van der Waals surface area contributed by atoms with Gasteiger partial charge in [-0.3, -0.25) is 10.5 Å². The summed E-state index contributed by atoms with van der Waals surface area (Å²) in [6.45, 7) is 0.491. The maximum Gasteiger partial charge on any atom is 0.338 e. The third-order valence-corrected chi connectivity index (χ3v) is 5.56. The van der Waals surface area contributed by atoms with Gasteiger partial charge in [0, 0.05) is 17.1 Å². The highest BCUT2D eigenvalue weighted by Gasteiger charge is 2.20. The number of anilines is 3. The van der Waals surface area contributed by atoms with Crippen LogP contribution in [0.2, 0.25) is 0 Å². The Bertz CT molecular complexity index is 1380. The zero-order chi connectivity index (χ0) is 26.5. The number of nitro groups is 1. The van der Waals surface area contributed by atoms with Crippen molar-refractivity contribution >= 4 is 50.1 Å². The number of rotatable bonds is 9. The van der Waals surface area contributed by atoms with Crippen molar-refractivity contribution in [2.24, 2.45) is 11.5 Å². The predicted molar refractivity (Wildman–Crippen MR) is 137 cm³/mol. The van der Waals surface area contributed by atoms with Gasteiger partial charge in [-0.2, -0.15) is 0 Å². The van der Waals surface area contributed by atoms with E-state index in [2.05, 4.69) is 41.5 Å². The van der Waals surface area contributed by atoms with Gasteiger partial charge >= 0.3 is 5.82 Å². The molecular formula is C22H24BrFN9O3+. The first-order chi connectivity index (χ1) is 16.9. The van der Waals surface area contributed by atoms with Crippen molar-refractivity contribution in [2.45, 2.75) is 0 Å². The van der Waals surface area contributed by atoms with Crippen LogP contribution in [-0.2, 0) is 4.79 Å². The number of nitrogens with two attached hydrogens (primary N) is 2. The van der Waals surface area contributed by atoms with Crippen LogP contribution in [0.25, 0.3) is 10.9 Å². The molecule has 0 fully saturated rings. The van der Waals surface area contributed by atoms with Crippen molar-refractivity contribution in [1.29, 1.82) is 0 Å². The highest BCUT2D eigenvalue weighted by atomic mass is 79.9. The Hall–Kier alpha value is -4.17. The summed E-state index contributed by atoms with van der Waals surface area (Å²) in [6, 6.07) is 6.08. The highest BCUT2D eigenvalue weighted by molar-refractivity contribution is 9.10. The predicted octanol–water partition coefficient (Wildman–Crippen LogP) is 2.60. The van der Waals surface area contributed by atoms with E-state index in [9.17, 15) is 19.3 Å². The summed E-state index contributed by atoms with van der Waals surface area (Å²) in [5.74, 6) is -0.682. The normalized spacial score (nSPS) is 12.4. The number of likely N-dealkylation sites (N-methyl/N-ethyl adjacent to an activating group) is 1. The molecule has 0 saturated heterocycles. The average Bonchev–Trinajstić information content (AvgIpc) is 2.80. The lowest BCUT2D eigenvalue weighted by molar-refractivity contribution is -0.880. The van der Waals surface area contributed by atoms with Gasteiger partial charge in [-0.25, -0.2) is 19.3 Å². The van der Waals surface area contributed by atoms with Crippen molar-refractivity contribution < 1.29 is 18.6 Å². The van der Waals surface area contributed by atoms with Crippen LogP contribution in [0, 0.1) is 15.9 Å². The van der Waals surface area contributed by atoms with Gasteiger partial charge in [0.25, 0.3) is 0 Å². The Morgan fingerprint density at radius 2 is 2.00 bits per heavy atom. The number of carbonyl (C=O) groups excluding carboxylic acids is 1. The number of quaternary nitrogens is 1. The average molecular weight is 561 g/mol. The van der Waals surface area contributed by atoms with E-state index in [-0.39, 0.29) is 22.5 Å². The van der Waals surface area contributed by atoms with E-state index in [1.807, 2.05) is 0 Å². The maximum absolute atomic E-state index is 13.5. The number of aromatic nitrogens is 3. The molecule has 36 heavy (non-hydrogen) atoms. The van der Waals surface area contributed by atoms with Gasteiger partial charge in [-0.1, -0.05) is 0 Å². The molecule has 6 N–H and O–H groups in total. The number of hydrogen-bond donors (Lipinski definition) is 4. The molecule has 0 radical (unpaired) electrons. The molecule has 14 heteroatoms. The zero-order valence-corrected chi connectivity index (χ0v) is 21.0. The zero-order valence-electron chi connectivity index (χ0n) is 19.4. The molecule has 0 bridgehead atoms. The van der Waals surface area contributed by atoms with Crippen molar-refractivity contribution in [3.8, 4) is 0 Å². The van der Waals surface area contributed by atoms with Gasteiger partial charge in [-0.15, -0.1) is 0 Å². The molecule has 0 saturated carbocycles. The second kappa shape index (κ2) is 11.0. The fourth-order valence-electron chi connectivity index (χ4n) is 3.17. The molecule has 0 atom stereocenters. The molecule has 188 valence electrons. The second-order valence-electron chi connectivity index (χ2n) is 8.40. The molecule has 12 nitrogen and oxygen atoms in total. The summed E-state index contributed by atoms with van der Waals surface area (Å²) < 4.78 is 14.1. The van der Waals surface area contributed by atoms with Crippen LogP contribution in [0.4, 0.5) is 21.7 Å². The molecule has 2 aromatic heterocycles.